The third kappa shape index (κ3) is 4.29. The zero-order valence-corrected chi connectivity index (χ0v) is 14.6. The SMILES string of the molecule is CC(NC(=O)NCCCn1nc2n(c1=O)CCCC2)c1ccccc1. The van der Waals surface area contributed by atoms with E-state index in [1.165, 1.54) is 4.68 Å². The summed E-state index contributed by atoms with van der Waals surface area (Å²) in [7, 11) is 0. The maximum atomic E-state index is 12.2. The fourth-order valence-corrected chi connectivity index (χ4v) is 3.10. The summed E-state index contributed by atoms with van der Waals surface area (Å²) in [5, 5.41) is 10.1. The molecule has 25 heavy (non-hydrogen) atoms. The van der Waals surface area contributed by atoms with Crippen molar-refractivity contribution in [3.05, 3.63) is 52.2 Å². The van der Waals surface area contributed by atoms with Crippen molar-refractivity contribution in [1.82, 2.24) is 25.0 Å². The predicted octanol–water partition coefficient (Wildman–Crippen LogP) is 1.83. The van der Waals surface area contributed by atoms with Crippen molar-refractivity contribution in [1.29, 1.82) is 0 Å². The lowest BCUT2D eigenvalue weighted by Gasteiger charge is -2.14. The molecular formula is C18H25N5O2. The first kappa shape index (κ1) is 17.3. The lowest BCUT2D eigenvalue weighted by atomic mass is 10.1. The maximum Gasteiger partial charge on any atom is 0.345 e. The van der Waals surface area contributed by atoms with Crippen molar-refractivity contribution in [2.45, 2.75) is 51.7 Å². The summed E-state index contributed by atoms with van der Waals surface area (Å²) in [5.41, 5.74) is 1.03. The number of carbonyl (C=O) groups excluding carboxylic acids is 1. The topological polar surface area (TPSA) is 81.0 Å². The van der Waals surface area contributed by atoms with Gasteiger partial charge in [-0.2, -0.15) is 5.10 Å². The molecule has 1 unspecified atom stereocenters. The highest BCUT2D eigenvalue weighted by Gasteiger charge is 2.16. The summed E-state index contributed by atoms with van der Waals surface area (Å²) in [6.07, 6.45) is 3.68. The molecule has 0 saturated carbocycles. The molecule has 0 fully saturated rings. The quantitative estimate of drug-likeness (QED) is 0.785. The Hall–Kier alpha value is -2.57. The van der Waals surface area contributed by atoms with Crippen LogP contribution < -0.4 is 16.3 Å². The summed E-state index contributed by atoms with van der Waals surface area (Å²) in [5.74, 6) is 0.888. The number of hydrogen-bond donors (Lipinski definition) is 2. The van der Waals surface area contributed by atoms with Gasteiger partial charge in [0, 0.05) is 26.1 Å². The van der Waals surface area contributed by atoms with E-state index in [1.54, 1.807) is 4.57 Å². The Balaban J connectivity index is 1.42. The fourth-order valence-electron chi connectivity index (χ4n) is 3.10. The van der Waals surface area contributed by atoms with Crippen molar-refractivity contribution < 1.29 is 4.79 Å². The Bertz CT molecular complexity index is 766. The molecule has 3 rings (SSSR count). The molecule has 134 valence electrons. The van der Waals surface area contributed by atoms with Gasteiger partial charge in [0.25, 0.3) is 0 Å². The van der Waals surface area contributed by atoms with Gasteiger partial charge in [0.2, 0.25) is 0 Å². The molecule has 2 amide bonds. The van der Waals surface area contributed by atoms with E-state index in [9.17, 15) is 9.59 Å². The van der Waals surface area contributed by atoms with Gasteiger partial charge >= 0.3 is 11.7 Å². The summed E-state index contributed by atoms with van der Waals surface area (Å²) >= 11 is 0. The lowest BCUT2D eigenvalue weighted by Crippen LogP contribution is -2.38. The number of benzene rings is 1. The van der Waals surface area contributed by atoms with Crippen LogP contribution in [-0.4, -0.2) is 26.9 Å². The number of nitrogens with one attached hydrogen (secondary N) is 2. The van der Waals surface area contributed by atoms with Crippen LogP contribution in [0.2, 0.25) is 0 Å². The van der Waals surface area contributed by atoms with E-state index >= 15 is 0 Å². The van der Waals surface area contributed by atoms with E-state index in [-0.39, 0.29) is 17.8 Å². The molecule has 0 bridgehead atoms. The largest absolute Gasteiger partial charge is 0.345 e. The molecule has 2 heterocycles. The summed E-state index contributed by atoms with van der Waals surface area (Å²) in [6, 6.07) is 9.57. The Labute approximate surface area is 147 Å². The summed E-state index contributed by atoms with van der Waals surface area (Å²) < 4.78 is 3.29. The van der Waals surface area contributed by atoms with Gasteiger partial charge in [0.05, 0.1) is 6.04 Å². The van der Waals surface area contributed by atoms with Crippen LogP contribution in [0.25, 0.3) is 0 Å². The molecule has 1 aliphatic heterocycles. The molecule has 7 heteroatoms. The summed E-state index contributed by atoms with van der Waals surface area (Å²) in [6.45, 7) is 3.74. The second-order valence-corrected chi connectivity index (χ2v) is 6.42. The zero-order chi connectivity index (χ0) is 17.6. The van der Waals surface area contributed by atoms with Gasteiger partial charge in [-0.05, 0) is 31.7 Å². The standard InChI is InChI=1S/C18H25N5O2/c1-14(15-8-3-2-4-9-15)20-17(24)19-11-7-13-23-18(25)22-12-6-5-10-16(22)21-23/h2-4,8-9,14H,5-7,10-13H2,1H3,(H2,19,20,24). The minimum absolute atomic E-state index is 0.0307. The van der Waals surface area contributed by atoms with Gasteiger partial charge in [0.1, 0.15) is 5.82 Å². The third-order valence-corrected chi connectivity index (χ3v) is 4.51. The third-order valence-electron chi connectivity index (χ3n) is 4.51. The number of aryl methyl sites for hydroxylation is 2. The van der Waals surface area contributed by atoms with E-state index in [2.05, 4.69) is 15.7 Å². The average molecular weight is 343 g/mol. The van der Waals surface area contributed by atoms with Gasteiger partial charge in [-0.3, -0.25) is 4.57 Å². The van der Waals surface area contributed by atoms with Crippen LogP contribution in [0.5, 0.6) is 0 Å². The van der Waals surface area contributed by atoms with Gasteiger partial charge < -0.3 is 10.6 Å². The number of nitrogens with zero attached hydrogens (tertiary/aromatic N) is 3. The van der Waals surface area contributed by atoms with E-state index in [4.69, 9.17) is 0 Å². The Kier molecular flexibility index (Phi) is 5.53. The highest BCUT2D eigenvalue weighted by atomic mass is 16.2. The van der Waals surface area contributed by atoms with Crippen molar-refractivity contribution in [2.75, 3.05) is 6.54 Å². The molecule has 7 nitrogen and oxygen atoms in total. The molecule has 0 aliphatic carbocycles. The van der Waals surface area contributed by atoms with Crippen molar-refractivity contribution in [2.24, 2.45) is 0 Å². The first-order valence-electron chi connectivity index (χ1n) is 8.91. The van der Waals surface area contributed by atoms with Crippen molar-refractivity contribution in [3.63, 3.8) is 0 Å². The average Bonchev–Trinajstić information content (AvgIpc) is 2.96. The fraction of sp³-hybridized carbons (Fsp3) is 0.500. The zero-order valence-electron chi connectivity index (χ0n) is 14.6. The minimum Gasteiger partial charge on any atom is -0.338 e. The molecule has 0 spiro atoms. The first-order chi connectivity index (χ1) is 12.1. The highest BCUT2D eigenvalue weighted by molar-refractivity contribution is 5.74. The van der Waals surface area contributed by atoms with Crippen LogP contribution in [0.1, 0.15) is 43.6 Å². The minimum atomic E-state index is -0.201. The van der Waals surface area contributed by atoms with Crippen LogP contribution in [0, 0.1) is 0 Å². The van der Waals surface area contributed by atoms with Crippen LogP contribution in [0.4, 0.5) is 4.79 Å². The number of rotatable bonds is 6. The number of urea groups is 1. The number of fused-ring (bicyclic) bond motifs is 1. The monoisotopic (exact) mass is 343 g/mol. The molecule has 2 aromatic rings. The van der Waals surface area contributed by atoms with E-state index in [0.29, 0.717) is 19.5 Å². The van der Waals surface area contributed by atoms with E-state index < -0.39 is 0 Å². The molecular weight excluding hydrogens is 318 g/mol. The van der Waals surface area contributed by atoms with Crippen LogP contribution in [-0.2, 0) is 19.5 Å². The summed E-state index contributed by atoms with van der Waals surface area (Å²) in [4.78, 5) is 24.2. The number of aromatic nitrogens is 3. The van der Waals surface area contributed by atoms with Gasteiger partial charge in [-0.25, -0.2) is 14.3 Å². The van der Waals surface area contributed by atoms with E-state index in [1.807, 2.05) is 37.3 Å². The number of carbonyl (C=O) groups is 1. The van der Waals surface area contributed by atoms with Crippen molar-refractivity contribution in [3.8, 4) is 0 Å². The Morgan fingerprint density at radius 2 is 2.08 bits per heavy atom. The number of amides is 2. The molecule has 1 aromatic heterocycles. The van der Waals surface area contributed by atoms with Crippen LogP contribution in [0.15, 0.2) is 35.1 Å². The van der Waals surface area contributed by atoms with Crippen molar-refractivity contribution >= 4 is 6.03 Å². The van der Waals surface area contributed by atoms with Gasteiger partial charge in [0.15, 0.2) is 0 Å². The normalized spacial score (nSPS) is 14.6. The molecule has 2 N–H and O–H groups in total. The number of hydrogen-bond acceptors (Lipinski definition) is 3. The van der Waals surface area contributed by atoms with E-state index in [0.717, 1.165) is 37.2 Å². The molecule has 1 aromatic carbocycles. The van der Waals surface area contributed by atoms with Gasteiger partial charge in [-0.15, -0.1) is 0 Å². The smallest absolute Gasteiger partial charge is 0.338 e. The lowest BCUT2D eigenvalue weighted by molar-refractivity contribution is 0.237. The van der Waals surface area contributed by atoms with Crippen LogP contribution >= 0.6 is 0 Å². The van der Waals surface area contributed by atoms with Gasteiger partial charge in [-0.1, -0.05) is 30.3 Å². The predicted molar refractivity (Wildman–Crippen MR) is 95.4 cm³/mol. The highest BCUT2D eigenvalue weighted by Crippen LogP contribution is 2.11. The molecule has 0 saturated heterocycles. The maximum absolute atomic E-state index is 12.2. The molecule has 1 aliphatic rings. The Morgan fingerprint density at radius 1 is 1.28 bits per heavy atom. The second kappa shape index (κ2) is 8.00. The second-order valence-electron chi connectivity index (χ2n) is 6.42. The molecule has 1 atom stereocenters. The van der Waals surface area contributed by atoms with Crippen LogP contribution in [0.3, 0.4) is 0 Å². The molecule has 0 radical (unpaired) electrons. The Morgan fingerprint density at radius 3 is 2.84 bits per heavy atom. The first-order valence-corrected chi connectivity index (χ1v) is 8.91.